The number of carbonyl (C=O) groups is 2. The standard InChI is InChI=1S/C15H15N3O3/c19-14(18-11-3-4-11)10-5-6-16-13(8-10)15(20)17-9-12-2-1-7-21-12/h1-2,5-8,11H,3-4,9H2,(H,17,20)(H,18,19). The zero-order chi connectivity index (χ0) is 14.7. The predicted octanol–water partition coefficient (Wildman–Crippen LogP) is 1.50. The van der Waals surface area contributed by atoms with Crippen LogP contribution in [0.25, 0.3) is 0 Å². The van der Waals surface area contributed by atoms with Crippen molar-refractivity contribution in [2.45, 2.75) is 25.4 Å². The van der Waals surface area contributed by atoms with Crippen LogP contribution in [0, 0.1) is 0 Å². The predicted molar refractivity (Wildman–Crippen MR) is 74.6 cm³/mol. The highest BCUT2D eigenvalue weighted by atomic mass is 16.3. The van der Waals surface area contributed by atoms with E-state index in [0.717, 1.165) is 12.8 Å². The minimum Gasteiger partial charge on any atom is -0.467 e. The summed E-state index contributed by atoms with van der Waals surface area (Å²) in [5, 5.41) is 5.57. The molecule has 21 heavy (non-hydrogen) atoms. The molecule has 3 rings (SSSR count). The van der Waals surface area contributed by atoms with Crippen LogP contribution in [0.2, 0.25) is 0 Å². The van der Waals surface area contributed by atoms with Crippen molar-refractivity contribution < 1.29 is 14.0 Å². The van der Waals surface area contributed by atoms with Crippen molar-refractivity contribution in [1.82, 2.24) is 15.6 Å². The minimum absolute atomic E-state index is 0.167. The lowest BCUT2D eigenvalue weighted by Gasteiger charge is -2.06. The highest BCUT2D eigenvalue weighted by Crippen LogP contribution is 2.19. The molecule has 2 N–H and O–H groups in total. The van der Waals surface area contributed by atoms with Crippen LogP contribution in [0.5, 0.6) is 0 Å². The van der Waals surface area contributed by atoms with Crippen LogP contribution in [-0.2, 0) is 6.54 Å². The lowest BCUT2D eigenvalue weighted by molar-refractivity contribution is 0.0943. The molecule has 0 aromatic carbocycles. The first kappa shape index (κ1) is 13.4. The molecule has 0 saturated heterocycles. The fraction of sp³-hybridized carbons (Fsp3) is 0.267. The third-order valence-corrected chi connectivity index (χ3v) is 3.17. The Bertz CT molecular complexity index is 648. The van der Waals surface area contributed by atoms with Gasteiger partial charge in [-0.05, 0) is 37.1 Å². The van der Waals surface area contributed by atoms with Crippen molar-refractivity contribution in [3.63, 3.8) is 0 Å². The van der Waals surface area contributed by atoms with Gasteiger partial charge in [0.2, 0.25) is 0 Å². The number of hydrogen-bond donors (Lipinski definition) is 2. The smallest absolute Gasteiger partial charge is 0.270 e. The Morgan fingerprint density at radius 3 is 2.86 bits per heavy atom. The quantitative estimate of drug-likeness (QED) is 0.872. The summed E-state index contributed by atoms with van der Waals surface area (Å²) in [4.78, 5) is 27.9. The topological polar surface area (TPSA) is 84.2 Å². The lowest BCUT2D eigenvalue weighted by Crippen LogP contribution is -2.27. The van der Waals surface area contributed by atoms with E-state index < -0.39 is 0 Å². The summed E-state index contributed by atoms with van der Waals surface area (Å²) in [7, 11) is 0. The highest BCUT2D eigenvalue weighted by molar-refractivity contribution is 5.98. The fourth-order valence-corrected chi connectivity index (χ4v) is 1.86. The molecule has 0 spiro atoms. The monoisotopic (exact) mass is 285 g/mol. The Morgan fingerprint density at radius 1 is 1.29 bits per heavy atom. The van der Waals surface area contributed by atoms with Gasteiger partial charge in [-0.3, -0.25) is 14.6 Å². The van der Waals surface area contributed by atoms with Gasteiger partial charge in [0.25, 0.3) is 11.8 Å². The molecule has 0 radical (unpaired) electrons. The molecule has 108 valence electrons. The van der Waals surface area contributed by atoms with E-state index in [4.69, 9.17) is 4.42 Å². The van der Waals surface area contributed by atoms with Crippen molar-refractivity contribution in [3.05, 3.63) is 53.7 Å². The Kier molecular flexibility index (Phi) is 3.68. The first-order chi connectivity index (χ1) is 10.2. The van der Waals surface area contributed by atoms with E-state index in [9.17, 15) is 9.59 Å². The van der Waals surface area contributed by atoms with Crippen LogP contribution >= 0.6 is 0 Å². The van der Waals surface area contributed by atoms with Gasteiger partial charge in [-0.1, -0.05) is 0 Å². The first-order valence-corrected chi connectivity index (χ1v) is 6.80. The molecule has 0 bridgehead atoms. The van der Waals surface area contributed by atoms with E-state index in [1.807, 2.05) is 0 Å². The third-order valence-electron chi connectivity index (χ3n) is 3.17. The van der Waals surface area contributed by atoms with E-state index in [1.165, 1.54) is 12.3 Å². The first-order valence-electron chi connectivity index (χ1n) is 6.80. The number of aromatic nitrogens is 1. The van der Waals surface area contributed by atoms with E-state index in [2.05, 4.69) is 15.6 Å². The van der Waals surface area contributed by atoms with Crippen LogP contribution in [0.4, 0.5) is 0 Å². The molecule has 6 heteroatoms. The number of furan rings is 1. The second-order valence-corrected chi connectivity index (χ2v) is 4.94. The van der Waals surface area contributed by atoms with Gasteiger partial charge in [0.15, 0.2) is 0 Å². The van der Waals surface area contributed by atoms with Crippen LogP contribution in [-0.4, -0.2) is 22.8 Å². The Balaban J connectivity index is 1.63. The van der Waals surface area contributed by atoms with E-state index in [-0.39, 0.29) is 30.1 Å². The Labute approximate surface area is 121 Å². The molecular weight excluding hydrogens is 270 g/mol. The van der Waals surface area contributed by atoms with Gasteiger partial charge in [-0.15, -0.1) is 0 Å². The number of hydrogen-bond acceptors (Lipinski definition) is 4. The average Bonchev–Trinajstić information content (AvgIpc) is 3.16. The van der Waals surface area contributed by atoms with Gasteiger partial charge in [-0.25, -0.2) is 0 Å². The number of carbonyl (C=O) groups excluding carboxylic acids is 2. The van der Waals surface area contributed by atoms with Crippen molar-refractivity contribution in [2.24, 2.45) is 0 Å². The second-order valence-electron chi connectivity index (χ2n) is 4.94. The minimum atomic E-state index is -0.340. The summed E-state index contributed by atoms with van der Waals surface area (Å²) in [6.45, 7) is 0.284. The maximum atomic E-state index is 12.0. The van der Waals surface area contributed by atoms with Crippen molar-refractivity contribution in [2.75, 3.05) is 0 Å². The van der Waals surface area contributed by atoms with Crippen LogP contribution in [0.3, 0.4) is 0 Å². The van der Waals surface area contributed by atoms with Crippen molar-refractivity contribution in [1.29, 1.82) is 0 Å². The van der Waals surface area contributed by atoms with Crippen LogP contribution in [0.1, 0.15) is 39.4 Å². The normalized spacial score (nSPS) is 13.7. The summed E-state index contributed by atoms with van der Waals surface area (Å²) >= 11 is 0. The molecule has 2 aromatic heterocycles. The van der Waals surface area contributed by atoms with Crippen LogP contribution in [0.15, 0.2) is 41.1 Å². The molecule has 2 aromatic rings. The molecule has 0 unspecified atom stereocenters. The van der Waals surface area contributed by atoms with E-state index in [1.54, 1.807) is 24.5 Å². The zero-order valence-electron chi connectivity index (χ0n) is 11.3. The molecule has 1 saturated carbocycles. The summed E-state index contributed by atoms with van der Waals surface area (Å²) in [5.74, 6) is 0.151. The van der Waals surface area contributed by atoms with Gasteiger partial charge in [0, 0.05) is 17.8 Å². The number of amides is 2. The maximum absolute atomic E-state index is 12.0. The average molecular weight is 285 g/mol. The fourth-order valence-electron chi connectivity index (χ4n) is 1.86. The Hall–Kier alpha value is -2.63. The third kappa shape index (κ3) is 3.47. The van der Waals surface area contributed by atoms with Crippen molar-refractivity contribution in [3.8, 4) is 0 Å². The van der Waals surface area contributed by atoms with Gasteiger partial charge in [0.1, 0.15) is 11.5 Å². The summed E-state index contributed by atoms with van der Waals surface area (Å²) in [6.07, 6.45) is 5.05. The number of pyridine rings is 1. The van der Waals surface area contributed by atoms with Gasteiger partial charge < -0.3 is 15.1 Å². The van der Waals surface area contributed by atoms with Gasteiger partial charge in [0.05, 0.1) is 12.8 Å². The lowest BCUT2D eigenvalue weighted by atomic mass is 10.2. The summed E-state index contributed by atoms with van der Waals surface area (Å²) in [6, 6.07) is 6.90. The molecule has 2 amide bonds. The highest BCUT2D eigenvalue weighted by Gasteiger charge is 2.24. The van der Waals surface area contributed by atoms with E-state index in [0.29, 0.717) is 11.3 Å². The summed E-state index contributed by atoms with van der Waals surface area (Å²) in [5.41, 5.74) is 0.657. The SMILES string of the molecule is O=C(NC1CC1)c1ccnc(C(=O)NCc2ccco2)c1. The summed E-state index contributed by atoms with van der Waals surface area (Å²) < 4.78 is 5.13. The largest absolute Gasteiger partial charge is 0.467 e. The zero-order valence-corrected chi connectivity index (χ0v) is 11.3. The molecule has 1 aliphatic carbocycles. The number of nitrogens with zero attached hydrogens (tertiary/aromatic N) is 1. The molecule has 1 aliphatic rings. The molecule has 1 fully saturated rings. The van der Waals surface area contributed by atoms with Crippen molar-refractivity contribution >= 4 is 11.8 Å². The molecule has 0 aliphatic heterocycles. The van der Waals surface area contributed by atoms with Crippen LogP contribution < -0.4 is 10.6 Å². The number of nitrogens with one attached hydrogen (secondary N) is 2. The maximum Gasteiger partial charge on any atom is 0.270 e. The molecule has 2 heterocycles. The van der Waals surface area contributed by atoms with Gasteiger partial charge >= 0.3 is 0 Å². The molecule has 6 nitrogen and oxygen atoms in total. The molecule has 0 atom stereocenters. The number of rotatable bonds is 5. The Morgan fingerprint density at radius 2 is 2.14 bits per heavy atom. The second kappa shape index (κ2) is 5.78. The van der Waals surface area contributed by atoms with Gasteiger partial charge in [-0.2, -0.15) is 0 Å². The molecular formula is C15H15N3O3. The van der Waals surface area contributed by atoms with E-state index >= 15 is 0 Å².